The van der Waals surface area contributed by atoms with Crippen molar-refractivity contribution in [2.75, 3.05) is 0 Å². The Kier molecular flexibility index (Phi) is 2.29. The molecule has 0 saturated heterocycles. The van der Waals surface area contributed by atoms with Crippen LogP contribution in [0.1, 0.15) is 6.92 Å². The molecule has 3 nitrogen and oxygen atoms in total. The van der Waals surface area contributed by atoms with Crippen molar-refractivity contribution in [2.24, 2.45) is 4.36 Å². The SMILES string of the molecule is CC(=O)N=S1NC=CS1. The largest absolute Gasteiger partial charge is 0.319 e. The fourth-order valence-electron chi connectivity index (χ4n) is 0.359. The monoisotopic (exact) mass is 162 g/mol. The molecule has 0 fully saturated rings. The summed E-state index contributed by atoms with van der Waals surface area (Å²) < 4.78 is 6.67. The van der Waals surface area contributed by atoms with Crippen molar-refractivity contribution in [3.63, 3.8) is 0 Å². The summed E-state index contributed by atoms with van der Waals surface area (Å²) in [6.45, 7) is 1.45. The first-order chi connectivity index (χ1) is 4.29. The van der Waals surface area contributed by atoms with E-state index in [9.17, 15) is 4.79 Å². The van der Waals surface area contributed by atoms with E-state index in [1.54, 1.807) is 6.20 Å². The topological polar surface area (TPSA) is 41.5 Å². The zero-order valence-corrected chi connectivity index (χ0v) is 6.46. The number of hydrogen-bond donors (Lipinski definition) is 1. The van der Waals surface area contributed by atoms with Crippen LogP contribution in [0.3, 0.4) is 0 Å². The summed E-state index contributed by atoms with van der Waals surface area (Å²) in [4.78, 5) is 10.4. The first-order valence-corrected chi connectivity index (χ1v) is 4.92. The molecule has 50 valence electrons. The van der Waals surface area contributed by atoms with E-state index in [1.165, 1.54) is 17.7 Å². The zero-order chi connectivity index (χ0) is 6.69. The highest BCUT2D eigenvalue weighted by atomic mass is 33.1. The molecular weight excluding hydrogens is 156 g/mol. The molecule has 1 atom stereocenters. The normalized spacial score (nSPS) is 24.3. The van der Waals surface area contributed by atoms with Gasteiger partial charge in [0.05, 0.1) is 9.91 Å². The quantitative estimate of drug-likeness (QED) is 0.540. The number of nitrogens with one attached hydrogen (secondary N) is 1. The molecule has 0 aromatic carbocycles. The Bertz CT molecular complexity index is 177. The van der Waals surface area contributed by atoms with Crippen molar-refractivity contribution >= 4 is 26.6 Å². The van der Waals surface area contributed by atoms with Gasteiger partial charge in [-0.2, -0.15) is 4.36 Å². The highest BCUT2D eigenvalue weighted by Crippen LogP contribution is 2.14. The molecule has 1 amide bonds. The molecule has 0 saturated carbocycles. The summed E-state index contributed by atoms with van der Waals surface area (Å²) in [6.07, 6.45) is 1.79. The molecule has 0 aromatic heterocycles. The lowest BCUT2D eigenvalue weighted by atomic mass is 10.8. The number of carbonyl (C=O) groups excluding carboxylic acids is 1. The fourth-order valence-corrected chi connectivity index (χ4v) is 2.50. The van der Waals surface area contributed by atoms with Crippen molar-refractivity contribution < 1.29 is 4.79 Å². The summed E-state index contributed by atoms with van der Waals surface area (Å²) in [6, 6.07) is 0. The molecule has 1 unspecified atom stereocenters. The molecule has 1 aliphatic heterocycles. The van der Waals surface area contributed by atoms with E-state index in [1.807, 2.05) is 5.41 Å². The van der Waals surface area contributed by atoms with Gasteiger partial charge in [-0.25, -0.2) is 0 Å². The van der Waals surface area contributed by atoms with Gasteiger partial charge in [0, 0.05) is 18.5 Å². The Morgan fingerprint density at radius 2 is 2.67 bits per heavy atom. The van der Waals surface area contributed by atoms with Gasteiger partial charge in [-0.1, -0.05) is 0 Å². The third-order valence-corrected chi connectivity index (χ3v) is 3.18. The van der Waals surface area contributed by atoms with E-state index < -0.39 is 0 Å². The lowest BCUT2D eigenvalue weighted by Gasteiger charge is -1.92. The fraction of sp³-hybridized carbons (Fsp3) is 0.250. The maximum absolute atomic E-state index is 10.4. The highest BCUT2D eigenvalue weighted by Gasteiger charge is 1.99. The average molecular weight is 162 g/mol. The predicted octanol–water partition coefficient (Wildman–Crippen LogP) is 0.972. The van der Waals surface area contributed by atoms with Gasteiger partial charge in [0.15, 0.2) is 0 Å². The summed E-state index contributed by atoms with van der Waals surface area (Å²) in [5, 5.41) is 1.88. The molecule has 5 heteroatoms. The van der Waals surface area contributed by atoms with Crippen molar-refractivity contribution in [1.82, 2.24) is 4.72 Å². The number of carbonyl (C=O) groups is 1. The van der Waals surface area contributed by atoms with Gasteiger partial charge < -0.3 is 4.72 Å². The van der Waals surface area contributed by atoms with Crippen LogP contribution in [0.2, 0.25) is 0 Å². The van der Waals surface area contributed by atoms with Crippen LogP contribution in [-0.4, -0.2) is 5.91 Å². The molecule has 1 heterocycles. The maximum Gasteiger partial charge on any atom is 0.250 e. The van der Waals surface area contributed by atoms with E-state index in [2.05, 4.69) is 9.08 Å². The van der Waals surface area contributed by atoms with E-state index in [-0.39, 0.29) is 15.8 Å². The molecule has 1 N–H and O–H groups in total. The third-order valence-electron chi connectivity index (χ3n) is 0.595. The Balaban J connectivity index is 2.53. The first kappa shape index (κ1) is 6.82. The molecule has 0 aliphatic carbocycles. The van der Waals surface area contributed by atoms with Crippen molar-refractivity contribution in [2.45, 2.75) is 6.92 Å². The molecule has 0 aromatic rings. The van der Waals surface area contributed by atoms with Gasteiger partial charge in [-0.3, -0.25) is 4.79 Å². The molecular formula is C4H6N2OS2. The van der Waals surface area contributed by atoms with Gasteiger partial charge >= 0.3 is 0 Å². The van der Waals surface area contributed by atoms with Gasteiger partial charge in [-0.15, -0.1) is 0 Å². The van der Waals surface area contributed by atoms with Crippen LogP contribution in [0.5, 0.6) is 0 Å². The van der Waals surface area contributed by atoms with E-state index >= 15 is 0 Å². The van der Waals surface area contributed by atoms with Crippen molar-refractivity contribution in [3.8, 4) is 0 Å². The number of rotatable bonds is 0. The second-order valence-electron chi connectivity index (χ2n) is 1.38. The number of amides is 1. The zero-order valence-electron chi connectivity index (χ0n) is 4.83. The summed E-state index contributed by atoms with van der Waals surface area (Å²) >= 11 is 0. The molecule has 0 spiro atoms. The van der Waals surface area contributed by atoms with Crippen LogP contribution in [-0.2, 0) is 14.7 Å². The van der Waals surface area contributed by atoms with Gasteiger partial charge in [0.2, 0.25) is 0 Å². The summed E-state index contributed by atoms with van der Waals surface area (Å²) in [5.74, 6) is -0.123. The molecule has 9 heavy (non-hydrogen) atoms. The van der Waals surface area contributed by atoms with Gasteiger partial charge in [-0.05, 0) is 10.8 Å². The van der Waals surface area contributed by atoms with E-state index in [0.717, 1.165) is 0 Å². The van der Waals surface area contributed by atoms with Crippen LogP contribution in [0.25, 0.3) is 0 Å². The average Bonchev–Trinajstić information content (AvgIpc) is 2.15. The van der Waals surface area contributed by atoms with Crippen LogP contribution >= 0.6 is 10.8 Å². The van der Waals surface area contributed by atoms with Crippen LogP contribution < -0.4 is 4.72 Å². The number of hydrogen-bond acceptors (Lipinski definition) is 2. The Morgan fingerprint density at radius 1 is 1.89 bits per heavy atom. The second-order valence-corrected chi connectivity index (χ2v) is 4.28. The summed E-state index contributed by atoms with van der Waals surface area (Å²) in [5.41, 5.74) is 0. The lowest BCUT2D eigenvalue weighted by Crippen LogP contribution is -2.00. The summed E-state index contributed by atoms with van der Waals surface area (Å²) in [7, 11) is 1.19. The van der Waals surface area contributed by atoms with Gasteiger partial charge in [0.1, 0.15) is 0 Å². The van der Waals surface area contributed by atoms with Crippen LogP contribution in [0, 0.1) is 0 Å². The second kappa shape index (κ2) is 3.03. The Labute approximate surface area is 59.5 Å². The Morgan fingerprint density at radius 3 is 3.11 bits per heavy atom. The maximum atomic E-state index is 10.4. The molecule has 0 bridgehead atoms. The highest BCUT2D eigenvalue weighted by molar-refractivity contribution is 8.71. The molecule has 0 radical (unpaired) electrons. The van der Waals surface area contributed by atoms with E-state index in [4.69, 9.17) is 0 Å². The minimum atomic E-state index is -0.326. The smallest absolute Gasteiger partial charge is 0.250 e. The minimum absolute atomic E-state index is 0.123. The van der Waals surface area contributed by atoms with E-state index in [0.29, 0.717) is 0 Å². The van der Waals surface area contributed by atoms with Gasteiger partial charge in [0.25, 0.3) is 5.91 Å². The Hall–Kier alpha value is -0.290. The molecule has 1 rings (SSSR count). The third kappa shape index (κ3) is 2.19. The van der Waals surface area contributed by atoms with Crippen LogP contribution in [0.15, 0.2) is 16.0 Å². The number of nitrogens with zero attached hydrogens (tertiary/aromatic N) is 1. The molecule has 1 aliphatic rings. The standard InChI is InChI=1S/C4H6N2OS2/c1-4(7)6-9-5-2-3-8-9/h2-3H,1H3,(H,5,6,7). The van der Waals surface area contributed by atoms with Crippen LogP contribution in [0.4, 0.5) is 0 Å². The predicted molar refractivity (Wildman–Crippen MR) is 40.3 cm³/mol. The minimum Gasteiger partial charge on any atom is -0.319 e. The first-order valence-electron chi connectivity index (χ1n) is 2.34. The van der Waals surface area contributed by atoms with Crippen molar-refractivity contribution in [1.29, 1.82) is 0 Å². The lowest BCUT2D eigenvalue weighted by molar-refractivity contribution is -0.115. The van der Waals surface area contributed by atoms with Crippen molar-refractivity contribution in [3.05, 3.63) is 11.6 Å².